The minimum Gasteiger partial charge on any atom is -0.493 e. The van der Waals surface area contributed by atoms with E-state index in [1.807, 2.05) is 19.1 Å². The maximum atomic E-state index is 17.0. The van der Waals surface area contributed by atoms with Crippen molar-refractivity contribution in [3.63, 3.8) is 0 Å². The van der Waals surface area contributed by atoms with Crippen molar-refractivity contribution in [1.29, 1.82) is 0 Å². The lowest BCUT2D eigenvalue weighted by Crippen LogP contribution is -2.58. The summed E-state index contributed by atoms with van der Waals surface area (Å²) in [6, 6.07) is 4.85. The maximum absolute atomic E-state index is 17.0. The van der Waals surface area contributed by atoms with Crippen LogP contribution < -0.4 is 14.4 Å². The number of aryl methyl sites for hydroxylation is 1. The van der Waals surface area contributed by atoms with Gasteiger partial charge in [-0.15, -0.1) is 0 Å². The average Bonchev–Trinajstić information content (AvgIpc) is 3.76. The molecule has 1 aromatic carbocycles. The van der Waals surface area contributed by atoms with Crippen LogP contribution in [0.5, 0.6) is 11.6 Å². The zero-order valence-electron chi connectivity index (χ0n) is 27.8. The summed E-state index contributed by atoms with van der Waals surface area (Å²) < 4.78 is 36.1. The highest BCUT2D eigenvalue weighted by atomic mass is 127. The highest BCUT2D eigenvalue weighted by Crippen LogP contribution is 2.50. The maximum Gasteiger partial charge on any atom is 0.415 e. The van der Waals surface area contributed by atoms with Crippen LogP contribution in [-0.2, 0) is 11.2 Å². The number of pyridine rings is 2. The molecule has 1 N–H and O–H groups in total. The van der Waals surface area contributed by atoms with Crippen molar-refractivity contribution >= 4 is 51.4 Å². The topological polar surface area (TPSA) is 118 Å². The zero-order valence-corrected chi connectivity index (χ0v) is 30.0. The first-order valence-corrected chi connectivity index (χ1v) is 17.7. The molecule has 48 heavy (non-hydrogen) atoms. The normalized spacial score (nSPS) is 24.1. The summed E-state index contributed by atoms with van der Waals surface area (Å²) in [6.07, 6.45) is 3.92. The first-order valence-electron chi connectivity index (χ1n) is 16.7. The van der Waals surface area contributed by atoms with Crippen LogP contribution in [0.25, 0.3) is 22.2 Å². The van der Waals surface area contributed by atoms with Gasteiger partial charge in [-0.2, -0.15) is 0 Å². The van der Waals surface area contributed by atoms with Crippen LogP contribution in [0.3, 0.4) is 0 Å². The number of benzene rings is 1. The van der Waals surface area contributed by atoms with Crippen molar-refractivity contribution < 1.29 is 33.3 Å². The van der Waals surface area contributed by atoms with E-state index < -0.39 is 35.7 Å². The van der Waals surface area contributed by atoms with Crippen LogP contribution in [-0.4, -0.2) is 93.6 Å². The van der Waals surface area contributed by atoms with E-state index in [0.29, 0.717) is 45.5 Å². The highest BCUT2D eigenvalue weighted by Gasteiger charge is 2.59. The molecule has 3 aromatic rings. The third-order valence-electron chi connectivity index (χ3n) is 10.1. The zero-order chi connectivity index (χ0) is 34.1. The number of halogens is 2. The molecule has 0 unspecified atom stereocenters. The molecule has 5 atom stereocenters. The van der Waals surface area contributed by atoms with Crippen molar-refractivity contribution in [3.05, 3.63) is 39.3 Å². The van der Waals surface area contributed by atoms with Gasteiger partial charge in [0.1, 0.15) is 28.7 Å². The first-order chi connectivity index (χ1) is 22.8. The van der Waals surface area contributed by atoms with E-state index >= 15 is 4.39 Å². The molecule has 11 nitrogen and oxygen atoms in total. The van der Waals surface area contributed by atoms with Gasteiger partial charge in [-0.25, -0.2) is 19.0 Å². The van der Waals surface area contributed by atoms with E-state index in [4.69, 9.17) is 19.2 Å². The molecule has 5 aliphatic rings. The van der Waals surface area contributed by atoms with E-state index in [1.165, 1.54) is 9.80 Å². The fourth-order valence-corrected chi connectivity index (χ4v) is 8.65. The second-order valence-electron chi connectivity index (χ2n) is 14.4. The van der Waals surface area contributed by atoms with Crippen molar-refractivity contribution in [3.8, 4) is 22.9 Å². The predicted octanol–water partition coefficient (Wildman–Crippen LogP) is 6.72. The van der Waals surface area contributed by atoms with Gasteiger partial charge in [0.2, 0.25) is 5.88 Å². The van der Waals surface area contributed by atoms with Crippen molar-refractivity contribution in [1.82, 2.24) is 19.8 Å². The summed E-state index contributed by atoms with van der Waals surface area (Å²) in [5, 5.41) is 10.3. The number of fused-ring (bicyclic) bond motifs is 3. The fraction of sp³-hybridized carbons (Fsp3) is 0.543. The number of carbonyl (C=O) groups excluding carboxylic acids is 1. The second kappa shape index (κ2) is 12.5. The molecule has 1 aliphatic carbocycles. The van der Waals surface area contributed by atoms with E-state index in [-0.39, 0.29) is 35.2 Å². The number of nitrogens with zero attached hydrogens (tertiary/aromatic N) is 5. The minimum atomic E-state index is -1.03. The standard InChI is InChI=1S/C35H41FIN5O6/c1-18(23-12-7-13-40(23)5)47-32-26(37)30(42(34(45)48-35(2,3)4)29-20-15-24(29)41(17-20)33(43)44)22-16-38-27(25(36)28(22)39-32)21-11-6-9-19-10-8-14-46-31(19)21/h6,9,11,16,18,20,23-24,29H,7-8,10,12-15,17H2,1-5H3,(H,43,44)/t18-,20+,23-,24+,29-/m0/s1. The lowest BCUT2D eigenvalue weighted by Gasteiger charge is -2.44. The van der Waals surface area contributed by atoms with Gasteiger partial charge in [-0.3, -0.25) is 14.8 Å². The molecule has 2 amide bonds. The van der Waals surface area contributed by atoms with Crippen LogP contribution >= 0.6 is 22.6 Å². The predicted molar refractivity (Wildman–Crippen MR) is 186 cm³/mol. The molecule has 2 aromatic heterocycles. The number of hydrogen-bond donors (Lipinski definition) is 1. The number of aromatic nitrogens is 2. The molecular weight excluding hydrogens is 732 g/mol. The largest absolute Gasteiger partial charge is 0.493 e. The number of carbonyl (C=O) groups is 2. The van der Waals surface area contributed by atoms with Gasteiger partial charge in [0.15, 0.2) is 5.82 Å². The Hall–Kier alpha value is -3.46. The number of rotatable bonds is 6. The van der Waals surface area contributed by atoms with E-state index in [1.54, 1.807) is 33.0 Å². The number of likely N-dealkylation sites (tertiary alicyclic amines) is 1. The second-order valence-corrected chi connectivity index (χ2v) is 15.4. The van der Waals surface area contributed by atoms with E-state index in [2.05, 4.69) is 39.5 Å². The molecule has 13 heteroatoms. The third-order valence-corrected chi connectivity index (χ3v) is 11.1. The molecule has 6 heterocycles. The van der Waals surface area contributed by atoms with Crippen molar-refractivity contribution in [2.24, 2.45) is 5.92 Å². The van der Waals surface area contributed by atoms with Gasteiger partial charge in [0.05, 0.1) is 27.9 Å². The summed E-state index contributed by atoms with van der Waals surface area (Å²) in [7, 11) is 2.06. The van der Waals surface area contributed by atoms with Crippen LogP contribution in [0.4, 0.5) is 19.7 Å². The molecule has 256 valence electrons. The van der Waals surface area contributed by atoms with Crippen LogP contribution in [0.15, 0.2) is 24.4 Å². The minimum absolute atomic E-state index is 0.00104. The molecule has 1 saturated carbocycles. The molecule has 4 fully saturated rings. The monoisotopic (exact) mass is 773 g/mol. The quantitative estimate of drug-likeness (QED) is 0.273. The molecule has 8 rings (SSSR count). The molecule has 2 bridgehead atoms. The Morgan fingerprint density at radius 2 is 2.04 bits per heavy atom. The Morgan fingerprint density at radius 3 is 2.73 bits per heavy atom. The first kappa shape index (κ1) is 33.1. The Morgan fingerprint density at radius 1 is 1.25 bits per heavy atom. The highest BCUT2D eigenvalue weighted by molar-refractivity contribution is 14.1. The third kappa shape index (κ3) is 5.69. The smallest absolute Gasteiger partial charge is 0.415 e. The van der Waals surface area contributed by atoms with Gasteiger partial charge < -0.3 is 24.2 Å². The SMILES string of the molecule is C[C@H](Oc1nc2c(F)c(-c3cccc4c3OCCC4)ncc2c(N(C(=O)OC(C)(C)C)[C@H]2[C@@H]3C[C@H]2N(C(=O)O)C3)c1I)[C@@H]1CCCN1C. The van der Waals surface area contributed by atoms with E-state index in [0.717, 1.165) is 37.8 Å². The van der Waals surface area contributed by atoms with Crippen molar-refractivity contribution in [2.45, 2.75) is 89.6 Å². The molecular formula is C35H41FIN5O6. The number of carboxylic acid groups (broad SMARTS) is 1. The number of likely N-dealkylation sites (N-methyl/N-ethyl adjacent to an activating group) is 1. The summed E-state index contributed by atoms with van der Waals surface area (Å²) in [5.41, 5.74) is 1.14. The van der Waals surface area contributed by atoms with E-state index in [9.17, 15) is 14.7 Å². The van der Waals surface area contributed by atoms with Gasteiger partial charge in [-0.1, -0.05) is 12.1 Å². The Labute approximate surface area is 292 Å². The fourth-order valence-electron chi connectivity index (χ4n) is 7.86. The molecule has 0 spiro atoms. The Bertz CT molecular complexity index is 1780. The lowest BCUT2D eigenvalue weighted by atomic mass is 9.78. The van der Waals surface area contributed by atoms with Gasteiger partial charge in [0, 0.05) is 35.7 Å². The summed E-state index contributed by atoms with van der Waals surface area (Å²) in [6.45, 7) is 9.11. The van der Waals surface area contributed by atoms with Crippen LogP contribution in [0, 0.1) is 15.3 Å². The number of anilines is 1. The lowest BCUT2D eigenvalue weighted by molar-refractivity contribution is 0.0517. The number of hydrogen-bond acceptors (Lipinski definition) is 8. The molecule has 4 aliphatic heterocycles. The van der Waals surface area contributed by atoms with Crippen LogP contribution in [0.2, 0.25) is 0 Å². The van der Waals surface area contributed by atoms with Crippen molar-refractivity contribution in [2.75, 3.05) is 31.6 Å². The summed E-state index contributed by atoms with van der Waals surface area (Å²) in [5.74, 6) is 0.0441. The molecule has 0 radical (unpaired) electrons. The summed E-state index contributed by atoms with van der Waals surface area (Å²) >= 11 is 2.11. The van der Waals surface area contributed by atoms with Crippen LogP contribution in [0.1, 0.15) is 58.9 Å². The number of amides is 2. The Kier molecular flexibility index (Phi) is 8.58. The number of para-hydroxylation sites is 1. The average molecular weight is 774 g/mol. The summed E-state index contributed by atoms with van der Waals surface area (Å²) in [4.78, 5) is 41.0. The molecule has 3 saturated heterocycles. The van der Waals surface area contributed by atoms with Gasteiger partial charge >= 0.3 is 12.2 Å². The van der Waals surface area contributed by atoms with Gasteiger partial charge in [0.25, 0.3) is 0 Å². The number of ether oxygens (including phenoxy) is 3. The van der Waals surface area contributed by atoms with Gasteiger partial charge in [-0.05, 0) is 108 Å². The Balaban J connectivity index is 1.43.